The highest BCUT2D eigenvalue weighted by molar-refractivity contribution is 5.81. The van der Waals surface area contributed by atoms with E-state index in [1.807, 2.05) is 0 Å². The molecular formula is C4H4F2O2. The van der Waals surface area contributed by atoms with E-state index in [1.54, 1.807) is 0 Å². The fraction of sp³-hybridized carbons (Fsp3) is 0.250. The van der Waals surface area contributed by atoms with E-state index in [0.29, 0.717) is 6.08 Å². The van der Waals surface area contributed by atoms with E-state index in [-0.39, 0.29) is 0 Å². The second-order valence-corrected chi connectivity index (χ2v) is 0.902. The summed E-state index contributed by atoms with van der Waals surface area (Å²) in [6.07, 6.45) is 0.673. The number of halogens is 2. The lowest BCUT2D eigenvalue weighted by molar-refractivity contribution is -0.169. The molecule has 0 radical (unpaired) electrons. The molecule has 0 saturated heterocycles. The molecule has 0 spiro atoms. The molecule has 0 rings (SSSR count). The molecule has 0 heterocycles. The minimum Gasteiger partial charge on any atom is -0.400 e. The molecule has 0 N–H and O–H groups in total. The van der Waals surface area contributed by atoms with E-state index in [9.17, 15) is 13.6 Å². The van der Waals surface area contributed by atoms with Crippen LogP contribution in [0.15, 0.2) is 12.7 Å². The van der Waals surface area contributed by atoms with Crippen LogP contribution < -0.4 is 0 Å². The molecule has 0 aromatic carbocycles. The summed E-state index contributed by atoms with van der Waals surface area (Å²) in [6, 6.07) is 0. The molecule has 0 bridgehead atoms. The fourth-order valence-corrected chi connectivity index (χ4v) is 0.136. The molecular weight excluding hydrogens is 118 g/mol. The summed E-state index contributed by atoms with van der Waals surface area (Å²) in [4.78, 5) is 9.80. The van der Waals surface area contributed by atoms with Crippen LogP contribution in [0, 0.1) is 0 Å². The van der Waals surface area contributed by atoms with E-state index >= 15 is 0 Å². The van der Waals surface area contributed by atoms with E-state index in [1.165, 1.54) is 0 Å². The Morgan fingerprint density at radius 1 is 1.75 bits per heavy atom. The number of carbonyl (C=O) groups excluding carboxylic acids is 1. The average Bonchev–Trinajstić information content (AvgIpc) is 1.65. The molecule has 4 heteroatoms. The topological polar surface area (TPSA) is 26.3 Å². The SMILES string of the molecule is C=CC(=O)OC(F)F. The lowest BCUT2D eigenvalue weighted by Gasteiger charge is -1.94. The van der Waals surface area contributed by atoms with E-state index in [0.717, 1.165) is 0 Å². The maximum absolute atomic E-state index is 11.0. The smallest absolute Gasteiger partial charge is 0.389 e. The van der Waals surface area contributed by atoms with Crippen LogP contribution in [0.3, 0.4) is 0 Å². The van der Waals surface area contributed by atoms with E-state index < -0.39 is 12.6 Å². The quantitative estimate of drug-likeness (QED) is 0.402. The summed E-state index contributed by atoms with van der Waals surface area (Å²) in [6.45, 7) is -0.135. The molecule has 2 nitrogen and oxygen atoms in total. The third kappa shape index (κ3) is 3.27. The van der Waals surface area contributed by atoms with Gasteiger partial charge in [0, 0.05) is 6.08 Å². The van der Waals surface area contributed by atoms with Crippen molar-refractivity contribution >= 4 is 5.97 Å². The van der Waals surface area contributed by atoms with Crippen LogP contribution in [0.5, 0.6) is 0 Å². The van der Waals surface area contributed by atoms with Gasteiger partial charge >= 0.3 is 12.6 Å². The minimum atomic E-state index is -3.04. The summed E-state index contributed by atoms with van der Waals surface area (Å²) in [5, 5.41) is 0. The van der Waals surface area contributed by atoms with Gasteiger partial charge < -0.3 is 4.74 Å². The summed E-state index contributed by atoms with van der Waals surface area (Å²) < 4.78 is 25.3. The zero-order valence-electron chi connectivity index (χ0n) is 3.93. The van der Waals surface area contributed by atoms with Crippen LogP contribution in [0.2, 0.25) is 0 Å². The molecule has 46 valence electrons. The summed E-state index contributed by atoms with van der Waals surface area (Å²) in [5.41, 5.74) is 0. The molecule has 0 aliphatic rings. The zero-order valence-corrected chi connectivity index (χ0v) is 3.93. The number of hydrogen-bond donors (Lipinski definition) is 0. The molecule has 0 fully saturated rings. The summed E-state index contributed by atoms with van der Waals surface area (Å²) in [5.74, 6) is -1.11. The Balaban J connectivity index is 3.39. The fourth-order valence-electron chi connectivity index (χ4n) is 0.136. The number of ether oxygens (including phenoxy) is 1. The Morgan fingerprint density at radius 3 is 2.38 bits per heavy atom. The van der Waals surface area contributed by atoms with Crippen molar-refractivity contribution in [1.82, 2.24) is 0 Å². The monoisotopic (exact) mass is 122 g/mol. The van der Waals surface area contributed by atoms with Gasteiger partial charge in [-0.15, -0.1) is 0 Å². The first-order chi connectivity index (χ1) is 3.66. The van der Waals surface area contributed by atoms with Crippen molar-refractivity contribution < 1.29 is 18.3 Å². The summed E-state index contributed by atoms with van der Waals surface area (Å²) in [7, 11) is 0. The molecule has 0 atom stereocenters. The summed E-state index contributed by atoms with van der Waals surface area (Å²) >= 11 is 0. The van der Waals surface area contributed by atoms with Crippen LogP contribution in [0.25, 0.3) is 0 Å². The van der Waals surface area contributed by atoms with Crippen molar-refractivity contribution in [3.05, 3.63) is 12.7 Å². The molecule has 0 aliphatic carbocycles. The minimum absolute atomic E-state index is 0.673. The van der Waals surface area contributed by atoms with Gasteiger partial charge in [0.25, 0.3) is 0 Å². The highest BCUT2D eigenvalue weighted by Gasteiger charge is 2.04. The third-order valence-electron chi connectivity index (χ3n) is 0.372. The van der Waals surface area contributed by atoms with Crippen LogP contribution >= 0.6 is 0 Å². The third-order valence-corrected chi connectivity index (χ3v) is 0.372. The number of carbonyl (C=O) groups is 1. The maximum atomic E-state index is 11.0. The number of hydrogen-bond acceptors (Lipinski definition) is 2. The lowest BCUT2D eigenvalue weighted by atomic mass is 10.7. The van der Waals surface area contributed by atoms with Crippen molar-refractivity contribution in [2.45, 2.75) is 6.61 Å². The Hall–Kier alpha value is -0.930. The predicted octanol–water partition coefficient (Wildman–Crippen LogP) is 0.938. The van der Waals surface area contributed by atoms with Gasteiger partial charge in [-0.3, -0.25) is 0 Å². The van der Waals surface area contributed by atoms with Crippen molar-refractivity contribution in [3.8, 4) is 0 Å². The van der Waals surface area contributed by atoms with Gasteiger partial charge in [-0.1, -0.05) is 6.58 Å². The van der Waals surface area contributed by atoms with Gasteiger partial charge in [0.2, 0.25) is 0 Å². The molecule has 0 aromatic heterocycles. The Labute approximate surface area is 44.8 Å². The first kappa shape index (κ1) is 7.07. The lowest BCUT2D eigenvalue weighted by Crippen LogP contribution is -2.04. The molecule has 0 saturated carbocycles. The van der Waals surface area contributed by atoms with Gasteiger partial charge in [0.1, 0.15) is 0 Å². The van der Waals surface area contributed by atoms with Crippen LogP contribution in [0.1, 0.15) is 0 Å². The molecule has 8 heavy (non-hydrogen) atoms. The highest BCUT2D eigenvalue weighted by Crippen LogP contribution is 1.93. The Morgan fingerprint density at radius 2 is 2.25 bits per heavy atom. The van der Waals surface area contributed by atoms with Gasteiger partial charge in [0.05, 0.1) is 0 Å². The Kier molecular flexibility index (Phi) is 2.76. The van der Waals surface area contributed by atoms with Gasteiger partial charge in [-0.2, -0.15) is 8.78 Å². The largest absolute Gasteiger partial charge is 0.400 e. The van der Waals surface area contributed by atoms with Crippen LogP contribution in [-0.2, 0) is 9.53 Å². The average molecular weight is 122 g/mol. The standard InChI is InChI=1S/C4H4F2O2/c1-2-3(7)8-4(5)6/h2,4H,1H2. The molecule has 0 aliphatic heterocycles. The van der Waals surface area contributed by atoms with E-state index in [4.69, 9.17) is 0 Å². The molecule has 0 aromatic rings. The van der Waals surface area contributed by atoms with Gasteiger partial charge in [0.15, 0.2) is 0 Å². The maximum Gasteiger partial charge on any atom is 0.389 e. The first-order valence-electron chi connectivity index (χ1n) is 1.78. The number of alkyl halides is 2. The van der Waals surface area contributed by atoms with Gasteiger partial charge in [-0.05, 0) is 0 Å². The van der Waals surface area contributed by atoms with Crippen molar-refractivity contribution in [2.24, 2.45) is 0 Å². The van der Waals surface area contributed by atoms with Crippen molar-refractivity contribution in [1.29, 1.82) is 0 Å². The second-order valence-electron chi connectivity index (χ2n) is 0.902. The van der Waals surface area contributed by atoms with E-state index in [2.05, 4.69) is 11.3 Å². The highest BCUT2D eigenvalue weighted by atomic mass is 19.3. The second kappa shape index (κ2) is 3.12. The number of rotatable bonds is 2. The van der Waals surface area contributed by atoms with Crippen molar-refractivity contribution in [2.75, 3.05) is 0 Å². The zero-order chi connectivity index (χ0) is 6.57. The van der Waals surface area contributed by atoms with Crippen molar-refractivity contribution in [3.63, 3.8) is 0 Å². The van der Waals surface area contributed by atoms with Crippen LogP contribution in [-0.4, -0.2) is 12.6 Å². The Bertz CT molecular complexity index is 100. The normalized spacial score (nSPS) is 8.88. The molecule has 0 amide bonds. The predicted molar refractivity (Wildman–Crippen MR) is 22.3 cm³/mol. The number of esters is 1. The first-order valence-corrected chi connectivity index (χ1v) is 1.78. The van der Waals surface area contributed by atoms with Crippen LogP contribution in [0.4, 0.5) is 8.78 Å². The molecule has 0 unspecified atom stereocenters. The van der Waals surface area contributed by atoms with Gasteiger partial charge in [-0.25, -0.2) is 4.79 Å².